The van der Waals surface area contributed by atoms with Gasteiger partial charge in [0.1, 0.15) is 5.82 Å². The van der Waals surface area contributed by atoms with Gasteiger partial charge in [0.25, 0.3) is 0 Å². The minimum atomic E-state index is -0.569. The maximum atomic E-state index is 14.5. The first kappa shape index (κ1) is 22.1. The second kappa shape index (κ2) is 10.0. The highest BCUT2D eigenvalue weighted by molar-refractivity contribution is 6.33. The fourth-order valence-corrected chi connectivity index (χ4v) is 3.14. The molecule has 4 aromatic rings. The number of hydrogen-bond donors (Lipinski definition) is 2. The van der Waals surface area contributed by atoms with Crippen LogP contribution in [0.4, 0.5) is 27.7 Å². The number of nitrogens with one attached hydrogen (secondary N) is 2. The Bertz CT molecular complexity index is 1330. The van der Waals surface area contributed by atoms with Gasteiger partial charge in [0, 0.05) is 10.7 Å². The van der Waals surface area contributed by atoms with Crippen molar-refractivity contribution in [2.75, 3.05) is 10.7 Å². The van der Waals surface area contributed by atoms with Gasteiger partial charge in [0.15, 0.2) is 11.5 Å². The number of hydrazone groups is 1. The van der Waals surface area contributed by atoms with Gasteiger partial charge >= 0.3 is 0 Å². The van der Waals surface area contributed by atoms with Crippen molar-refractivity contribution in [2.45, 2.75) is 0 Å². The van der Waals surface area contributed by atoms with Crippen LogP contribution in [-0.2, 0) is 0 Å². The summed E-state index contributed by atoms with van der Waals surface area (Å²) in [5.74, 6) is -0.310. The summed E-state index contributed by atoms with van der Waals surface area (Å²) in [6, 6.07) is 18.1. The van der Waals surface area contributed by atoms with Gasteiger partial charge in [-0.05, 0) is 42.0 Å². The van der Waals surface area contributed by atoms with Crippen molar-refractivity contribution in [2.24, 2.45) is 5.10 Å². The van der Waals surface area contributed by atoms with E-state index in [0.29, 0.717) is 16.4 Å². The Morgan fingerprint density at radius 1 is 0.909 bits per heavy atom. The van der Waals surface area contributed by atoms with Crippen molar-refractivity contribution < 1.29 is 4.39 Å². The molecule has 0 bridgehead atoms. The summed E-state index contributed by atoms with van der Waals surface area (Å²) in [5, 5.41) is 7.90. The fraction of sp³-hybridized carbons (Fsp3) is 0. The average molecular weight is 478 g/mol. The number of hydrogen-bond acceptors (Lipinski definition) is 6. The van der Waals surface area contributed by atoms with Crippen LogP contribution in [0.1, 0.15) is 5.56 Å². The van der Waals surface area contributed by atoms with Gasteiger partial charge in [-0.3, -0.25) is 0 Å². The largest absolute Gasteiger partial charge is 0.324 e. The van der Waals surface area contributed by atoms with Crippen LogP contribution in [0.2, 0.25) is 10.0 Å². The first-order valence-electron chi connectivity index (χ1n) is 9.51. The molecular formula is C23H14Cl2FN7. The molecular weight excluding hydrogens is 464 g/mol. The third kappa shape index (κ3) is 5.60. The molecule has 0 fully saturated rings. The number of nitrogens with zero attached hydrogens (tertiary/aromatic N) is 5. The third-order valence-corrected chi connectivity index (χ3v) is 4.89. The van der Waals surface area contributed by atoms with Crippen LogP contribution in [0.5, 0.6) is 0 Å². The molecule has 0 aliphatic carbocycles. The van der Waals surface area contributed by atoms with Gasteiger partial charge in [0.05, 0.1) is 23.4 Å². The molecule has 1 heterocycles. The Morgan fingerprint density at radius 2 is 1.64 bits per heavy atom. The molecule has 7 nitrogen and oxygen atoms in total. The van der Waals surface area contributed by atoms with Gasteiger partial charge in [-0.15, -0.1) is 0 Å². The molecule has 162 valence electrons. The maximum absolute atomic E-state index is 14.5. The first-order valence-corrected chi connectivity index (χ1v) is 10.3. The molecule has 3 aromatic carbocycles. The van der Waals surface area contributed by atoms with Crippen molar-refractivity contribution in [3.05, 3.63) is 99.6 Å². The topological polar surface area (TPSA) is 79.5 Å². The van der Waals surface area contributed by atoms with E-state index < -0.39 is 5.82 Å². The maximum Gasteiger partial charge on any atom is 0.248 e. The first-order chi connectivity index (χ1) is 16.0. The Hall–Kier alpha value is -4.06. The average Bonchev–Trinajstić information content (AvgIpc) is 2.81. The van der Waals surface area contributed by atoms with Crippen molar-refractivity contribution >= 4 is 52.7 Å². The molecule has 0 aliphatic rings. The van der Waals surface area contributed by atoms with Crippen molar-refractivity contribution in [3.63, 3.8) is 0 Å². The molecule has 0 aliphatic heterocycles. The summed E-state index contributed by atoms with van der Waals surface area (Å²) in [6.45, 7) is 7.00. The third-order valence-electron chi connectivity index (χ3n) is 4.32. The number of rotatable bonds is 6. The second-order valence-electron chi connectivity index (χ2n) is 6.61. The van der Waals surface area contributed by atoms with E-state index in [1.807, 2.05) is 0 Å². The van der Waals surface area contributed by atoms with Crippen LogP contribution in [0.15, 0.2) is 71.8 Å². The molecule has 1 aromatic heterocycles. The zero-order chi connectivity index (χ0) is 23.2. The van der Waals surface area contributed by atoms with E-state index >= 15 is 0 Å². The summed E-state index contributed by atoms with van der Waals surface area (Å²) in [4.78, 5) is 16.2. The number of halogens is 3. The standard InChI is InChI=1S/C23H14Cl2FN7/c1-27-16-9-5-14(6-10-16)13-28-33-23-31-21(20-18(25)3-2-4-19(20)26)30-22(32-23)29-17-11-7-15(24)8-12-17/h2-13H,(H2,29,30,31,32,33). The lowest BCUT2D eigenvalue weighted by Gasteiger charge is -2.10. The lowest BCUT2D eigenvalue weighted by atomic mass is 10.2. The van der Waals surface area contributed by atoms with E-state index in [2.05, 4.69) is 35.6 Å². The van der Waals surface area contributed by atoms with E-state index in [0.717, 1.165) is 5.56 Å². The van der Waals surface area contributed by atoms with Crippen LogP contribution >= 0.6 is 23.2 Å². The summed E-state index contributed by atoms with van der Waals surface area (Å²) >= 11 is 12.1. The summed E-state index contributed by atoms with van der Waals surface area (Å²) in [5.41, 5.74) is 4.74. The Labute approximate surface area is 198 Å². The van der Waals surface area contributed by atoms with Crippen molar-refractivity contribution in [1.29, 1.82) is 0 Å². The van der Waals surface area contributed by atoms with Crippen molar-refractivity contribution in [3.8, 4) is 11.4 Å². The van der Waals surface area contributed by atoms with E-state index in [4.69, 9.17) is 29.8 Å². The highest BCUT2D eigenvalue weighted by atomic mass is 35.5. The number of anilines is 3. The normalized spacial score (nSPS) is 10.7. The van der Waals surface area contributed by atoms with Crippen LogP contribution < -0.4 is 10.7 Å². The zero-order valence-corrected chi connectivity index (χ0v) is 18.3. The van der Waals surface area contributed by atoms with E-state index in [9.17, 15) is 4.39 Å². The fourth-order valence-electron chi connectivity index (χ4n) is 2.77. The summed E-state index contributed by atoms with van der Waals surface area (Å²) < 4.78 is 14.5. The Balaban J connectivity index is 1.66. The monoisotopic (exact) mass is 477 g/mol. The van der Waals surface area contributed by atoms with Gasteiger partial charge < -0.3 is 5.32 Å². The lowest BCUT2D eigenvalue weighted by molar-refractivity contribution is 0.630. The van der Waals surface area contributed by atoms with Crippen LogP contribution in [0, 0.1) is 12.4 Å². The molecule has 0 unspecified atom stereocenters. The van der Waals surface area contributed by atoms with Crippen LogP contribution in [0.25, 0.3) is 16.2 Å². The molecule has 10 heteroatoms. The Kier molecular flexibility index (Phi) is 6.74. The SMILES string of the molecule is [C-]#[N+]c1ccc(C=NNc2nc(Nc3ccc(Cl)cc3)nc(-c3c(F)cccc3Cl)n2)cc1. The van der Waals surface area contributed by atoms with E-state index in [1.165, 1.54) is 12.1 Å². The van der Waals surface area contributed by atoms with Crippen molar-refractivity contribution in [1.82, 2.24) is 15.0 Å². The molecule has 0 atom stereocenters. The van der Waals surface area contributed by atoms with Crippen LogP contribution in [0.3, 0.4) is 0 Å². The quantitative estimate of drug-likeness (QED) is 0.183. The molecule has 2 N–H and O–H groups in total. The van der Waals surface area contributed by atoms with Gasteiger partial charge in [-0.1, -0.05) is 53.5 Å². The molecule has 4 rings (SSSR count). The zero-order valence-electron chi connectivity index (χ0n) is 16.8. The highest BCUT2D eigenvalue weighted by Gasteiger charge is 2.16. The smallest absolute Gasteiger partial charge is 0.248 e. The molecule has 0 radical (unpaired) electrons. The molecule has 0 saturated carbocycles. The second-order valence-corrected chi connectivity index (χ2v) is 7.45. The number of aromatic nitrogens is 3. The summed E-state index contributed by atoms with van der Waals surface area (Å²) in [6.07, 6.45) is 1.54. The minimum absolute atomic E-state index is 0.0312. The number of benzene rings is 3. The molecule has 0 spiro atoms. The van der Waals surface area contributed by atoms with E-state index in [-0.39, 0.29) is 28.3 Å². The molecule has 0 amide bonds. The predicted molar refractivity (Wildman–Crippen MR) is 129 cm³/mol. The molecule has 33 heavy (non-hydrogen) atoms. The summed E-state index contributed by atoms with van der Waals surface area (Å²) in [7, 11) is 0. The highest BCUT2D eigenvalue weighted by Crippen LogP contribution is 2.29. The predicted octanol–water partition coefficient (Wildman–Crippen LogP) is 6.72. The van der Waals surface area contributed by atoms with Gasteiger partial charge in [0.2, 0.25) is 11.9 Å². The molecule has 0 saturated heterocycles. The van der Waals surface area contributed by atoms with E-state index in [1.54, 1.807) is 60.8 Å². The van der Waals surface area contributed by atoms with Gasteiger partial charge in [-0.2, -0.15) is 20.1 Å². The lowest BCUT2D eigenvalue weighted by Crippen LogP contribution is -2.06. The van der Waals surface area contributed by atoms with Crippen LogP contribution in [-0.4, -0.2) is 21.2 Å². The minimum Gasteiger partial charge on any atom is -0.324 e. The van der Waals surface area contributed by atoms with Gasteiger partial charge in [-0.25, -0.2) is 14.7 Å². The Morgan fingerprint density at radius 3 is 2.33 bits per heavy atom.